The monoisotopic (exact) mass is 1670 g/mol. The van der Waals surface area contributed by atoms with Gasteiger partial charge in [-0.3, -0.25) is 0 Å². The van der Waals surface area contributed by atoms with E-state index in [9.17, 15) is 22.0 Å². The Labute approximate surface area is 572 Å². The van der Waals surface area contributed by atoms with Gasteiger partial charge in [-0.1, -0.05) is 86.9 Å². The molecule has 86 heavy (non-hydrogen) atoms. The minimum atomic E-state index is -0.442. The molecule has 0 saturated carbocycles. The Morgan fingerprint density at radius 3 is 0.814 bits per heavy atom. The summed E-state index contributed by atoms with van der Waals surface area (Å²) in [7, 11) is 7.27. The number of ether oxygens (including phenoxy) is 10. The van der Waals surface area contributed by atoms with Crippen LogP contribution in [-0.2, 0) is 25.7 Å². The van der Waals surface area contributed by atoms with Gasteiger partial charge in [-0.2, -0.15) is 0 Å². The van der Waals surface area contributed by atoms with Crippen molar-refractivity contribution in [1.29, 1.82) is 0 Å². The van der Waals surface area contributed by atoms with Crippen molar-refractivity contribution in [3.8, 4) is 57.5 Å². The Kier molecular flexibility index (Phi) is 42.8. The second-order valence-electron chi connectivity index (χ2n) is 16.9. The Morgan fingerprint density at radius 1 is 0.360 bits per heavy atom. The second-order valence-corrected chi connectivity index (χ2v) is 27.2. The van der Waals surface area contributed by atoms with E-state index < -0.39 is 23.3 Å². The molecule has 0 atom stereocenters. The molecule has 10 nitrogen and oxygen atoms in total. The van der Waals surface area contributed by atoms with Gasteiger partial charge in [0.1, 0.15) is 70.8 Å². The highest BCUT2D eigenvalue weighted by atomic mass is 79.9. The van der Waals surface area contributed by atoms with Crippen molar-refractivity contribution in [2.24, 2.45) is 0 Å². The molecule has 0 heterocycles. The molecule has 0 aliphatic rings. The molecule has 5 aromatic carbocycles. The lowest BCUT2D eigenvalue weighted by atomic mass is 10.1. The van der Waals surface area contributed by atoms with Gasteiger partial charge in [0.15, 0.2) is 57.8 Å². The quantitative estimate of drug-likeness (QED) is 0.0499. The molecule has 5 aromatic rings. The number of aryl methyl sites for hydroxylation is 5. The van der Waals surface area contributed by atoms with E-state index in [2.05, 4.69) is 95.6 Å². The van der Waals surface area contributed by atoms with Crippen molar-refractivity contribution in [3.05, 3.63) is 167 Å². The van der Waals surface area contributed by atoms with Crippen LogP contribution in [0.2, 0.25) is 0 Å². The first-order chi connectivity index (χ1) is 40.9. The molecule has 476 valence electrons. The highest BCUT2D eigenvalue weighted by Gasteiger charge is 2.15. The van der Waals surface area contributed by atoms with E-state index in [0.29, 0.717) is 72.7 Å². The standard InChI is InChI=1S/C13H15Br2FO2.C13H15Cl2FO2.C12H13Br2FO2.C12H13Cl2FO2.C11H11Br2FO2/c2*1-3-4-9-7-10(18-6-5-12(14)15)8-11(16)13(9)17-2;2*1-3-8-6-9(17-5-4-11(13)14)7-10(15)12(8)16-2;1-7-5-8(16-4-3-10(12)13)6-9(14)11(7)15-2/h2*5,7-8H,3-4,6H2,1-2H3;2*4,6-7H,3,5H2,1-2H3;3,5-6H,4H2,1-2H3. The molecule has 0 amide bonds. The molecule has 0 fully saturated rings. The van der Waals surface area contributed by atoms with Crippen molar-refractivity contribution in [3.63, 3.8) is 0 Å². The predicted molar refractivity (Wildman–Crippen MR) is 361 cm³/mol. The molecular weight excluding hydrogens is 1610 g/mol. The van der Waals surface area contributed by atoms with Crippen LogP contribution in [0.1, 0.15) is 68.4 Å². The van der Waals surface area contributed by atoms with Crippen LogP contribution in [0.3, 0.4) is 0 Å². The van der Waals surface area contributed by atoms with Gasteiger partial charge in [0.05, 0.1) is 45.7 Å². The fourth-order valence-corrected chi connectivity index (χ4v) is 8.26. The number of hydrogen-bond donors (Lipinski definition) is 0. The van der Waals surface area contributed by atoms with E-state index in [1.165, 1.54) is 78.0 Å². The molecule has 0 radical (unpaired) electrons. The second kappa shape index (κ2) is 45.7. The van der Waals surface area contributed by atoms with Crippen LogP contribution in [-0.4, -0.2) is 68.6 Å². The summed E-state index contributed by atoms with van der Waals surface area (Å²) in [5, 5.41) is 0. The molecule has 5 rings (SSSR count). The zero-order valence-corrected chi connectivity index (χ0v) is 61.2. The summed E-state index contributed by atoms with van der Waals surface area (Å²) in [5.41, 5.74) is 3.88. The molecule has 25 heteroatoms. The van der Waals surface area contributed by atoms with Crippen LogP contribution in [0.4, 0.5) is 22.0 Å². The van der Waals surface area contributed by atoms with E-state index in [1.54, 1.807) is 49.4 Å². The van der Waals surface area contributed by atoms with Crippen LogP contribution in [0, 0.1) is 36.0 Å². The summed E-state index contributed by atoms with van der Waals surface area (Å²) in [6.07, 6.45) is 13.0. The van der Waals surface area contributed by atoms with Gasteiger partial charge in [-0.05, 0) is 194 Å². The normalized spacial score (nSPS) is 9.97. The van der Waals surface area contributed by atoms with Crippen LogP contribution < -0.4 is 47.4 Å². The van der Waals surface area contributed by atoms with Gasteiger partial charge in [0, 0.05) is 52.6 Å². The first kappa shape index (κ1) is 80.5. The van der Waals surface area contributed by atoms with Gasteiger partial charge >= 0.3 is 0 Å². The lowest BCUT2D eigenvalue weighted by Gasteiger charge is -2.11. The maximum Gasteiger partial charge on any atom is 0.169 e. The number of methoxy groups -OCH3 is 5. The minimum absolute atomic E-state index is 0.120. The molecule has 0 N–H and O–H groups in total. The molecule has 0 saturated heterocycles. The van der Waals surface area contributed by atoms with Crippen molar-refractivity contribution in [2.45, 2.75) is 73.1 Å². The van der Waals surface area contributed by atoms with Crippen LogP contribution in [0.15, 0.2) is 110 Å². The minimum Gasteiger partial charge on any atom is -0.493 e. The summed E-state index contributed by atoms with van der Waals surface area (Å²) in [6, 6.07) is 15.4. The summed E-state index contributed by atoms with van der Waals surface area (Å²) in [6.45, 7) is 11.1. The van der Waals surface area contributed by atoms with Crippen LogP contribution >= 0.6 is 142 Å². The molecule has 0 aliphatic carbocycles. The number of benzene rings is 5. The summed E-state index contributed by atoms with van der Waals surface area (Å²) >= 11 is 41.1. The number of rotatable bonds is 26. The van der Waals surface area contributed by atoms with Crippen LogP contribution in [0.25, 0.3) is 0 Å². The van der Waals surface area contributed by atoms with Gasteiger partial charge in [-0.15, -0.1) is 0 Å². The smallest absolute Gasteiger partial charge is 0.169 e. The van der Waals surface area contributed by atoms with Crippen molar-refractivity contribution >= 4 is 142 Å². The Morgan fingerprint density at radius 2 is 0.593 bits per heavy atom. The SMILES string of the molecule is CCCc1cc(OCC=C(Br)Br)cc(F)c1OC.CCCc1cc(OCC=C(Cl)Cl)cc(F)c1OC.CCc1cc(OCC=C(Br)Br)cc(F)c1OC.CCc1cc(OCC=C(Cl)Cl)cc(F)c1OC.COc1c(C)cc(OCC=C(Br)Br)cc1F. The maximum atomic E-state index is 13.8. The van der Waals surface area contributed by atoms with Crippen LogP contribution in [0.5, 0.6) is 57.5 Å². The third-order valence-electron chi connectivity index (χ3n) is 10.8. The number of hydrogen-bond acceptors (Lipinski definition) is 10. The van der Waals surface area contributed by atoms with E-state index >= 15 is 0 Å². The zero-order valence-electron chi connectivity index (χ0n) is 48.7. The zero-order chi connectivity index (χ0) is 64.9. The lowest BCUT2D eigenvalue weighted by Crippen LogP contribution is -1.99. The molecule has 0 spiro atoms. The fraction of sp³-hybridized carbons (Fsp3) is 0.344. The van der Waals surface area contributed by atoms with Gasteiger partial charge in [0.2, 0.25) is 0 Å². The van der Waals surface area contributed by atoms with E-state index in [1.807, 2.05) is 33.8 Å². The van der Waals surface area contributed by atoms with E-state index in [0.717, 1.165) is 58.1 Å². The Balaban J connectivity index is 0.000000538. The molecule has 0 unspecified atom stereocenters. The first-order valence-electron chi connectivity index (χ1n) is 25.9. The van der Waals surface area contributed by atoms with Crippen molar-refractivity contribution in [1.82, 2.24) is 0 Å². The van der Waals surface area contributed by atoms with E-state index in [-0.39, 0.29) is 51.0 Å². The van der Waals surface area contributed by atoms with Crippen molar-refractivity contribution in [2.75, 3.05) is 68.6 Å². The third-order valence-corrected chi connectivity index (χ3v) is 13.4. The van der Waals surface area contributed by atoms with E-state index in [4.69, 9.17) is 93.8 Å². The van der Waals surface area contributed by atoms with Gasteiger partial charge in [0.25, 0.3) is 0 Å². The summed E-state index contributed by atoms with van der Waals surface area (Å²) < 4.78 is 123. The Bertz CT molecular complexity index is 2840. The van der Waals surface area contributed by atoms with Crippen molar-refractivity contribution < 1.29 is 69.3 Å². The Hall–Kier alpha value is -3.51. The molecule has 0 aliphatic heterocycles. The number of halogens is 15. The fourth-order valence-electron chi connectivity index (χ4n) is 7.22. The highest BCUT2D eigenvalue weighted by Crippen LogP contribution is 2.33. The summed E-state index contributed by atoms with van der Waals surface area (Å²) in [4.78, 5) is 0. The predicted octanol–water partition coefficient (Wildman–Crippen LogP) is 21.9. The summed E-state index contributed by atoms with van der Waals surface area (Å²) in [5.74, 6) is 1.64. The average Bonchev–Trinajstić information content (AvgIpc) is 3.62. The molecule has 0 aromatic heterocycles. The highest BCUT2D eigenvalue weighted by molar-refractivity contribution is 9.29. The molecule has 0 bridgehead atoms. The lowest BCUT2D eigenvalue weighted by molar-refractivity contribution is 0.350. The molecular formula is C61H67Br6Cl4F5O10. The van der Waals surface area contributed by atoms with Gasteiger partial charge < -0.3 is 47.4 Å². The largest absolute Gasteiger partial charge is 0.493 e. The maximum absolute atomic E-state index is 13.8. The first-order valence-corrected chi connectivity index (χ1v) is 32.1. The third kappa shape index (κ3) is 31.8. The topological polar surface area (TPSA) is 92.3 Å². The van der Waals surface area contributed by atoms with Gasteiger partial charge in [-0.25, -0.2) is 22.0 Å². The average molecular weight is 1680 g/mol.